The van der Waals surface area contributed by atoms with Gasteiger partial charge in [0.25, 0.3) is 0 Å². The first-order valence-corrected chi connectivity index (χ1v) is 8.61. The molecule has 1 N–H and O–H groups in total. The van der Waals surface area contributed by atoms with Crippen molar-refractivity contribution in [2.24, 2.45) is 7.05 Å². The maximum absolute atomic E-state index is 13.9. The second-order valence-electron chi connectivity index (χ2n) is 5.46. The molecule has 0 radical (unpaired) electrons. The van der Waals surface area contributed by atoms with Crippen LogP contribution in [0, 0.1) is 5.82 Å². The molecule has 0 saturated carbocycles. The van der Waals surface area contributed by atoms with E-state index in [1.165, 1.54) is 17.8 Å². The van der Waals surface area contributed by atoms with Gasteiger partial charge in [-0.25, -0.2) is 4.39 Å². The topological polar surface area (TPSA) is 59.8 Å². The SMILES string of the molecule is C[C@H](Sc1nnc(-c2ccccc2F)n1C)C(=O)Nc1ccccc1. The Kier molecular flexibility index (Phi) is 5.14. The van der Waals surface area contributed by atoms with E-state index in [9.17, 15) is 9.18 Å². The molecule has 7 heteroatoms. The van der Waals surface area contributed by atoms with E-state index in [0.717, 1.165) is 5.69 Å². The summed E-state index contributed by atoms with van der Waals surface area (Å²) in [6.07, 6.45) is 0. The summed E-state index contributed by atoms with van der Waals surface area (Å²) in [5, 5.41) is 11.2. The predicted molar refractivity (Wildman–Crippen MR) is 96.8 cm³/mol. The highest BCUT2D eigenvalue weighted by Crippen LogP contribution is 2.27. The van der Waals surface area contributed by atoms with Crippen LogP contribution in [0.2, 0.25) is 0 Å². The second-order valence-corrected chi connectivity index (χ2v) is 6.77. The van der Waals surface area contributed by atoms with E-state index in [1.54, 1.807) is 36.7 Å². The normalized spacial score (nSPS) is 12.0. The fraction of sp³-hybridized carbons (Fsp3) is 0.167. The Balaban J connectivity index is 1.73. The second kappa shape index (κ2) is 7.48. The Morgan fingerprint density at radius 2 is 1.80 bits per heavy atom. The molecule has 0 saturated heterocycles. The number of benzene rings is 2. The highest BCUT2D eigenvalue weighted by molar-refractivity contribution is 8.00. The number of nitrogens with zero attached hydrogens (tertiary/aromatic N) is 3. The maximum atomic E-state index is 13.9. The van der Waals surface area contributed by atoms with Crippen LogP contribution in [0.3, 0.4) is 0 Å². The van der Waals surface area contributed by atoms with Gasteiger partial charge >= 0.3 is 0 Å². The maximum Gasteiger partial charge on any atom is 0.237 e. The Morgan fingerprint density at radius 3 is 2.52 bits per heavy atom. The van der Waals surface area contributed by atoms with Gasteiger partial charge in [-0.15, -0.1) is 10.2 Å². The van der Waals surface area contributed by atoms with Crippen molar-refractivity contribution in [1.82, 2.24) is 14.8 Å². The summed E-state index contributed by atoms with van der Waals surface area (Å²) in [4.78, 5) is 12.3. The van der Waals surface area contributed by atoms with E-state index in [0.29, 0.717) is 16.5 Å². The van der Waals surface area contributed by atoms with Crippen molar-refractivity contribution in [2.75, 3.05) is 5.32 Å². The molecule has 3 aromatic rings. The van der Waals surface area contributed by atoms with Gasteiger partial charge in [-0.3, -0.25) is 4.79 Å². The number of amides is 1. The van der Waals surface area contributed by atoms with Gasteiger partial charge in [0.15, 0.2) is 11.0 Å². The summed E-state index contributed by atoms with van der Waals surface area (Å²) in [6.45, 7) is 1.79. The van der Waals surface area contributed by atoms with Crippen LogP contribution in [0.5, 0.6) is 0 Å². The van der Waals surface area contributed by atoms with Crippen LogP contribution in [0.4, 0.5) is 10.1 Å². The lowest BCUT2D eigenvalue weighted by Crippen LogP contribution is -2.22. The summed E-state index contributed by atoms with van der Waals surface area (Å²) in [7, 11) is 1.76. The van der Waals surface area contributed by atoms with Crippen LogP contribution in [0.15, 0.2) is 59.8 Å². The number of para-hydroxylation sites is 1. The van der Waals surface area contributed by atoms with Gasteiger partial charge in [-0.1, -0.05) is 42.1 Å². The molecule has 0 aliphatic carbocycles. The molecule has 25 heavy (non-hydrogen) atoms. The summed E-state index contributed by atoms with van der Waals surface area (Å²) in [5.74, 6) is -0.0627. The largest absolute Gasteiger partial charge is 0.325 e. The molecule has 0 aliphatic heterocycles. The van der Waals surface area contributed by atoms with Crippen molar-refractivity contribution in [3.63, 3.8) is 0 Å². The minimum atomic E-state index is -0.378. The van der Waals surface area contributed by atoms with Crippen LogP contribution in [0.25, 0.3) is 11.4 Å². The number of halogens is 1. The number of aromatic nitrogens is 3. The van der Waals surface area contributed by atoms with Crippen LogP contribution >= 0.6 is 11.8 Å². The summed E-state index contributed by atoms with van der Waals surface area (Å²) in [5.41, 5.74) is 1.12. The number of hydrogen-bond donors (Lipinski definition) is 1. The van der Waals surface area contributed by atoms with Crippen LogP contribution in [-0.4, -0.2) is 25.9 Å². The number of nitrogens with one attached hydrogen (secondary N) is 1. The molecule has 1 atom stereocenters. The minimum Gasteiger partial charge on any atom is -0.325 e. The van der Waals surface area contributed by atoms with Crippen LogP contribution < -0.4 is 5.32 Å². The smallest absolute Gasteiger partial charge is 0.237 e. The molecule has 0 bridgehead atoms. The number of carbonyl (C=O) groups excluding carboxylic acids is 1. The average molecular weight is 356 g/mol. The summed E-state index contributed by atoms with van der Waals surface area (Å²) in [6, 6.07) is 15.7. The van der Waals surface area contributed by atoms with E-state index in [-0.39, 0.29) is 17.0 Å². The molecule has 0 aliphatic rings. The first kappa shape index (κ1) is 17.2. The van der Waals surface area contributed by atoms with E-state index < -0.39 is 0 Å². The lowest BCUT2D eigenvalue weighted by Gasteiger charge is -2.11. The van der Waals surface area contributed by atoms with Gasteiger partial charge in [0.2, 0.25) is 5.91 Å². The summed E-state index contributed by atoms with van der Waals surface area (Å²) < 4.78 is 15.6. The number of thioether (sulfide) groups is 1. The van der Waals surface area contributed by atoms with Gasteiger partial charge in [0, 0.05) is 12.7 Å². The Labute approximate surface area is 149 Å². The van der Waals surface area contributed by atoms with E-state index >= 15 is 0 Å². The van der Waals surface area contributed by atoms with Crippen molar-refractivity contribution in [1.29, 1.82) is 0 Å². The number of hydrogen-bond acceptors (Lipinski definition) is 4. The Morgan fingerprint density at radius 1 is 1.12 bits per heavy atom. The monoisotopic (exact) mass is 356 g/mol. The van der Waals surface area contributed by atoms with Gasteiger partial charge in [0.05, 0.1) is 10.8 Å². The Bertz CT molecular complexity index is 882. The molecular weight excluding hydrogens is 339 g/mol. The highest BCUT2D eigenvalue weighted by Gasteiger charge is 2.20. The van der Waals surface area contributed by atoms with Gasteiger partial charge in [-0.2, -0.15) is 0 Å². The summed E-state index contributed by atoms with van der Waals surface area (Å²) >= 11 is 1.27. The third-order valence-corrected chi connectivity index (χ3v) is 4.78. The zero-order valence-corrected chi connectivity index (χ0v) is 14.6. The fourth-order valence-electron chi connectivity index (χ4n) is 2.27. The number of carbonyl (C=O) groups is 1. The van der Waals surface area contributed by atoms with E-state index in [1.807, 2.05) is 30.3 Å². The molecule has 3 rings (SSSR count). The van der Waals surface area contributed by atoms with Crippen molar-refractivity contribution < 1.29 is 9.18 Å². The first-order chi connectivity index (χ1) is 12.1. The van der Waals surface area contributed by atoms with E-state index in [4.69, 9.17) is 0 Å². The lowest BCUT2D eigenvalue weighted by atomic mass is 10.2. The molecule has 0 unspecified atom stereocenters. The zero-order chi connectivity index (χ0) is 17.8. The molecule has 5 nitrogen and oxygen atoms in total. The molecule has 1 amide bonds. The van der Waals surface area contributed by atoms with Crippen molar-refractivity contribution in [2.45, 2.75) is 17.3 Å². The molecule has 0 fully saturated rings. The van der Waals surface area contributed by atoms with Crippen molar-refractivity contribution in [3.05, 3.63) is 60.4 Å². The number of rotatable bonds is 5. The first-order valence-electron chi connectivity index (χ1n) is 7.73. The third kappa shape index (κ3) is 3.88. The molecular formula is C18H17FN4OS. The van der Waals surface area contributed by atoms with Crippen LogP contribution in [0.1, 0.15) is 6.92 Å². The number of anilines is 1. The quantitative estimate of drug-likeness (QED) is 0.708. The minimum absolute atomic E-state index is 0.133. The van der Waals surface area contributed by atoms with Crippen molar-refractivity contribution >= 4 is 23.4 Å². The highest BCUT2D eigenvalue weighted by atomic mass is 32.2. The Hall–Kier alpha value is -2.67. The average Bonchev–Trinajstić information content (AvgIpc) is 2.97. The standard InChI is InChI=1S/C18H17FN4OS/c1-12(17(24)20-13-8-4-3-5-9-13)25-18-22-21-16(23(18)2)14-10-6-7-11-15(14)19/h3-12H,1-2H3,(H,20,24)/t12-/m0/s1. The van der Waals surface area contributed by atoms with Gasteiger partial charge in [0.1, 0.15) is 5.82 Å². The third-order valence-electron chi connectivity index (χ3n) is 3.64. The fourth-order valence-corrected chi connectivity index (χ4v) is 3.09. The van der Waals surface area contributed by atoms with Gasteiger partial charge in [-0.05, 0) is 31.2 Å². The molecule has 0 spiro atoms. The molecule has 1 heterocycles. The predicted octanol–water partition coefficient (Wildman–Crippen LogP) is 3.74. The zero-order valence-electron chi connectivity index (χ0n) is 13.8. The lowest BCUT2D eigenvalue weighted by molar-refractivity contribution is -0.115. The van der Waals surface area contributed by atoms with Crippen LogP contribution in [-0.2, 0) is 11.8 Å². The van der Waals surface area contributed by atoms with Crippen molar-refractivity contribution in [3.8, 4) is 11.4 Å². The molecule has 2 aromatic carbocycles. The molecule has 1 aromatic heterocycles. The van der Waals surface area contributed by atoms with Gasteiger partial charge < -0.3 is 9.88 Å². The molecule has 128 valence electrons. The van der Waals surface area contributed by atoms with E-state index in [2.05, 4.69) is 15.5 Å².